The quantitative estimate of drug-likeness (QED) is 0.698. The van der Waals surface area contributed by atoms with Gasteiger partial charge in [-0.2, -0.15) is 0 Å². The Kier molecular flexibility index (Phi) is 7.72. The minimum Gasteiger partial charge on any atom is -0.310 e. The minimum absolute atomic E-state index is 0.246. The fourth-order valence-corrected chi connectivity index (χ4v) is 2.61. The van der Waals surface area contributed by atoms with E-state index in [1.54, 1.807) is 0 Å². The van der Waals surface area contributed by atoms with E-state index in [2.05, 4.69) is 57.1 Å². The number of nitrogens with one attached hydrogen (secondary N) is 1. The van der Waals surface area contributed by atoms with Crippen LogP contribution in [0.3, 0.4) is 0 Å². The van der Waals surface area contributed by atoms with E-state index < -0.39 is 0 Å². The van der Waals surface area contributed by atoms with E-state index in [0.717, 1.165) is 37.4 Å². The second-order valence-corrected chi connectivity index (χ2v) is 6.81. The SMILES string of the molecule is CCCNC(CCN(C)C(C)(C)CC)c1ccccc1Cl. The predicted molar refractivity (Wildman–Crippen MR) is 94.1 cm³/mol. The van der Waals surface area contributed by atoms with Crippen molar-refractivity contribution in [2.75, 3.05) is 20.1 Å². The summed E-state index contributed by atoms with van der Waals surface area (Å²) < 4.78 is 0. The summed E-state index contributed by atoms with van der Waals surface area (Å²) in [6.07, 6.45) is 3.36. The molecule has 1 unspecified atom stereocenters. The zero-order valence-corrected chi connectivity index (χ0v) is 15.0. The monoisotopic (exact) mass is 310 g/mol. The number of halogens is 1. The average Bonchev–Trinajstić information content (AvgIpc) is 2.48. The third kappa shape index (κ3) is 5.61. The summed E-state index contributed by atoms with van der Waals surface area (Å²) in [5.74, 6) is 0. The average molecular weight is 311 g/mol. The Labute approximate surface area is 135 Å². The highest BCUT2D eigenvalue weighted by atomic mass is 35.5. The van der Waals surface area contributed by atoms with Crippen LogP contribution < -0.4 is 5.32 Å². The Morgan fingerprint density at radius 3 is 2.48 bits per heavy atom. The van der Waals surface area contributed by atoms with Gasteiger partial charge in [0, 0.05) is 23.1 Å². The smallest absolute Gasteiger partial charge is 0.0453 e. The molecule has 1 N–H and O–H groups in total. The van der Waals surface area contributed by atoms with Crippen LogP contribution in [0.4, 0.5) is 0 Å². The number of hydrogen-bond acceptors (Lipinski definition) is 2. The van der Waals surface area contributed by atoms with E-state index in [4.69, 9.17) is 11.6 Å². The third-order valence-corrected chi connectivity index (χ3v) is 4.92. The molecule has 0 aliphatic rings. The molecule has 3 heteroatoms. The Hall–Kier alpha value is -0.570. The third-order valence-electron chi connectivity index (χ3n) is 4.57. The van der Waals surface area contributed by atoms with Gasteiger partial charge < -0.3 is 10.2 Å². The van der Waals surface area contributed by atoms with E-state index in [9.17, 15) is 0 Å². The number of hydrogen-bond donors (Lipinski definition) is 1. The van der Waals surface area contributed by atoms with Crippen molar-refractivity contribution in [2.45, 2.75) is 58.5 Å². The maximum atomic E-state index is 6.38. The summed E-state index contributed by atoms with van der Waals surface area (Å²) in [5, 5.41) is 4.50. The molecule has 120 valence electrons. The van der Waals surface area contributed by atoms with Gasteiger partial charge in [-0.1, -0.05) is 43.6 Å². The lowest BCUT2D eigenvalue weighted by molar-refractivity contribution is 0.144. The van der Waals surface area contributed by atoms with Crippen molar-refractivity contribution in [3.8, 4) is 0 Å². The van der Waals surface area contributed by atoms with Crippen LogP contribution in [0.15, 0.2) is 24.3 Å². The Morgan fingerprint density at radius 1 is 1.24 bits per heavy atom. The first kappa shape index (κ1) is 18.5. The van der Waals surface area contributed by atoms with Crippen molar-refractivity contribution in [3.05, 3.63) is 34.9 Å². The number of nitrogens with zero attached hydrogens (tertiary/aromatic N) is 1. The second kappa shape index (κ2) is 8.77. The molecule has 0 fully saturated rings. The molecule has 0 aromatic heterocycles. The molecule has 0 heterocycles. The summed E-state index contributed by atoms with van der Waals surface area (Å²) in [6, 6.07) is 8.52. The molecule has 1 rings (SSSR count). The Bertz CT molecular complexity index is 417. The molecule has 1 atom stereocenters. The zero-order chi connectivity index (χ0) is 15.9. The van der Waals surface area contributed by atoms with Crippen molar-refractivity contribution in [2.24, 2.45) is 0 Å². The van der Waals surface area contributed by atoms with E-state index >= 15 is 0 Å². The molecule has 0 radical (unpaired) electrons. The normalized spacial score (nSPS) is 13.7. The molecule has 0 saturated heterocycles. The predicted octanol–water partition coefficient (Wildman–Crippen LogP) is 4.89. The lowest BCUT2D eigenvalue weighted by Gasteiger charge is -2.36. The summed E-state index contributed by atoms with van der Waals surface area (Å²) in [4.78, 5) is 2.45. The molecule has 0 saturated carbocycles. The van der Waals surface area contributed by atoms with Crippen LogP contribution >= 0.6 is 11.6 Å². The molecule has 1 aromatic rings. The van der Waals surface area contributed by atoms with E-state index in [1.165, 1.54) is 5.56 Å². The van der Waals surface area contributed by atoms with Gasteiger partial charge in [-0.15, -0.1) is 0 Å². The highest BCUT2D eigenvalue weighted by Gasteiger charge is 2.22. The Morgan fingerprint density at radius 2 is 1.90 bits per heavy atom. The van der Waals surface area contributed by atoms with Crippen LogP contribution in [-0.2, 0) is 0 Å². The molecule has 2 nitrogen and oxygen atoms in total. The van der Waals surface area contributed by atoms with E-state index in [0.29, 0.717) is 6.04 Å². The first-order valence-electron chi connectivity index (χ1n) is 8.11. The topological polar surface area (TPSA) is 15.3 Å². The standard InChI is InChI=1S/C18H31ClN2/c1-6-13-20-17(15-10-8-9-11-16(15)19)12-14-21(5)18(3,4)7-2/h8-11,17,20H,6-7,12-14H2,1-5H3. The fourth-order valence-electron chi connectivity index (χ4n) is 2.34. The second-order valence-electron chi connectivity index (χ2n) is 6.40. The molecule has 1 aromatic carbocycles. The minimum atomic E-state index is 0.246. The first-order chi connectivity index (χ1) is 9.92. The van der Waals surface area contributed by atoms with Gasteiger partial charge in [0.15, 0.2) is 0 Å². The molecule has 0 spiro atoms. The van der Waals surface area contributed by atoms with E-state index in [1.807, 2.05) is 12.1 Å². The van der Waals surface area contributed by atoms with E-state index in [-0.39, 0.29) is 5.54 Å². The van der Waals surface area contributed by atoms with Gasteiger partial charge in [0.25, 0.3) is 0 Å². The molecule has 0 amide bonds. The van der Waals surface area contributed by atoms with Crippen LogP contribution in [0.1, 0.15) is 58.6 Å². The largest absolute Gasteiger partial charge is 0.310 e. The van der Waals surface area contributed by atoms with Crippen molar-refractivity contribution < 1.29 is 0 Å². The Balaban J connectivity index is 2.74. The lowest BCUT2D eigenvalue weighted by atomic mass is 9.98. The maximum absolute atomic E-state index is 6.38. The molecule has 21 heavy (non-hydrogen) atoms. The fraction of sp³-hybridized carbons (Fsp3) is 0.667. The van der Waals surface area contributed by atoms with Crippen LogP contribution in [0.5, 0.6) is 0 Å². The van der Waals surface area contributed by atoms with Gasteiger partial charge in [-0.25, -0.2) is 0 Å². The number of benzene rings is 1. The van der Waals surface area contributed by atoms with Crippen molar-refractivity contribution in [1.82, 2.24) is 10.2 Å². The summed E-state index contributed by atoms with van der Waals surface area (Å²) in [5.41, 5.74) is 1.46. The highest BCUT2D eigenvalue weighted by molar-refractivity contribution is 6.31. The summed E-state index contributed by atoms with van der Waals surface area (Å²) in [7, 11) is 2.22. The van der Waals surface area contributed by atoms with Gasteiger partial charge in [-0.05, 0) is 58.3 Å². The van der Waals surface area contributed by atoms with Crippen LogP contribution in [0.25, 0.3) is 0 Å². The molecule has 0 bridgehead atoms. The van der Waals surface area contributed by atoms with Gasteiger partial charge >= 0.3 is 0 Å². The lowest BCUT2D eigenvalue weighted by Crippen LogP contribution is -2.42. The van der Waals surface area contributed by atoms with Crippen molar-refractivity contribution in [1.29, 1.82) is 0 Å². The van der Waals surface area contributed by atoms with Gasteiger partial charge in [0.2, 0.25) is 0 Å². The van der Waals surface area contributed by atoms with Crippen LogP contribution in [0, 0.1) is 0 Å². The van der Waals surface area contributed by atoms with Crippen LogP contribution in [-0.4, -0.2) is 30.6 Å². The zero-order valence-electron chi connectivity index (χ0n) is 14.2. The molecule has 0 aliphatic heterocycles. The maximum Gasteiger partial charge on any atom is 0.0453 e. The molecular formula is C18H31ClN2. The summed E-state index contributed by atoms with van der Waals surface area (Å²) in [6.45, 7) is 11.1. The van der Waals surface area contributed by atoms with Gasteiger partial charge in [-0.3, -0.25) is 0 Å². The highest BCUT2D eigenvalue weighted by Crippen LogP contribution is 2.26. The van der Waals surface area contributed by atoms with Gasteiger partial charge in [0.1, 0.15) is 0 Å². The van der Waals surface area contributed by atoms with Crippen LogP contribution in [0.2, 0.25) is 5.02 Å². The van der Waals surface area contributed by atoms with Gasteiger partial charge in [0.05, 0.1) is 0 Å². The van der Waals surface area contributed by atoms with Crippen molar-refractivity contribution in [3.63, 3.8) is 0 Å². The molecule has 0 aliphatic carbocycles. The first-order valence-corrected chi connectivity index (χ1v) is 8.49. The number of rotatable bonds is 9. The van der Waals surface area contributed by atoms with Crippen molar-refractivity contribution >= 4 is 11.6 Å². The summed E-state index contributed by atoms with van der Waals surface area (Å²) >= 11 is 6.38. The molecular weight excluding hydrogens is 280 g/mol.